The molecule has 0 spiro atoms. The summed E-state index contributed by atoms with van der Waals surface area (Å²) < 4.78 is 30.9. The monoisotopic (exact) mass is 336 g/mol. The first kappa shape index (κ1) is 15.0. The average Bonchev–Trinajstić information content (AvgIpc) is 3.02. The minimum absolute atomic E-state index is 0.0298. The molecule has 3 rings (SSSR count). The van der Waals surface area contributed by atoms with Crippen LogP contribution in [0.4, 0.5) is 11.8 Å². The van der Waals surface area contributed by atoms with E-state index in [0.29, 0.717) is 11.1 Å². The molecular weight excluding hydrogens is 324 g/mol. The highest BCUT2D eigenvalue weighted by atomic mass is 32.2. The number of anilines is 2. The third-order valence-corrected chi connectivity index (χ3v) is 3.25. The van der Waals surface area contributed by atoms with Gasteiger partial charge in [0.25, 0.3) is 0 Å². The molecule has 0 atom stereocenters. The number of benzene rings is 1. The van der Waals surface area contributed by atoms with Crippen LogP contribution < -0.4 is 10.0 Å². The molecule has 120 valence electrons. The average molecular weight is 336 g/mol. The number of para-hydroxylation sites is 2. The van der Waals surface area contributed by atoms with E-state index in [4.69, 9.17) is 4.42 Å². The van der Waals surface area contributed by atoms with Crippen LogP contribution in [0.3, 0.4) is 0 Å². The highest BCUT2D eigenvalue weighted by Crippen LogP contribution is 2.17. The third kappa shape index (κ3) is 3.83. The Morgan fingerprint density at radius 3 is 2.87 bits per heavy atom. The second kappa shape index (κ2) is 5.68. The highest BCUT2D eigenvalue weighted by Gasteiger charge is 2.12. The number of nitrogens with one attached hydrogen (secondary N) is 2. The number of amides is 1. The van der Waals surface area contributed by atoms with Gasteiger partial charge in [-0.2, -0.15) is 4.98 Å². The number of aromatic nitrogens is 4. The molecule has 23 heavy (non-hydrogen) atoms. The Bertz CT molecular complexity index is 928. The van der Waals surface area contributed by atoms with Crippen LogP contribution >= 0.6 is 0 Å². The molecule has 0 aliphatic heterocycles. The van der Waals surface area contributed by atoms with Crippen LogP contribution in [0, 0.1) is 0 Å². The first-order valence-electron chi connectivity index (χ1n) is 6.42. The maximum atomic E-state index is 11.9. The lowest BCUT2D eigenvalue weighted by Gasteiger charge is -2.00. The Kier molecular flexibility index (Phi) is 3.70. The van der Waals surface area contributed by atoms with Gasteiger partial charge in [0.1, 0.15) is 12.1 Å². The van der Waals surface area contributed by atoms with Gasteiger partial charge in [-0.1, -0.05) is 17.3 Å². The summed E-state index contributed by atoms with van der Waals surface area (Å²) in [5.41, 5.74) is 1.19. The van der Waals surface area contributed by atoms with Crippen molar-refractivity contribution in [1.82, 2.24) is 20.0 Å². The van der Waals surface area contributed by atoms with Crippen LogP contribution in [-0.4, -0.2) is 40.6 Å². The van der Waals surface area contributed by atoms with Crippen molar-refractivity contribution >= 4 is 38.9 Å². The smallest absolute Gasteiger partial charge is 0.302 e. The Labute approximate surface area is 130 Å². The van der Waals surface area contributed by atoms with Gasteiger partial charge in [-0.3, -0.25) is 14.8 Å². The molecule has 0 fully saturated rings. The Balaban J connectivity index is 1.65. The molecule has 0 unspecified atom stereocenters. The van der Waals surface area contributed by atoms with Gasteiger partial charge in [-0.05, 0) is 12.1 Å². The predicted octanol–water partition coefficient (Wildman–Crippen LogP) is 0.429. The van der Waals surface area contributed by atoms with Crippen molar-refractivity contribution in [2.45, 2.75) is 6.54 Å². The maximum absolute atomic E-state index is 11.9. The molecule has 1 aromatic carbocycles. The van der Waals surface area contributed by atoms with E-state index in [-0.39, 0.29) is 18.4 Å². The van der Waals surface area contributed by atoms with Crippen LogP contribution in [0.15, 0.2) is 34.9 Å². The molecular formula is C12H12N6O4S. The fraction of sp³-hybridized carbons (Fsp3) is 0.167. The number of oxazole rings is 1. The molecule has 2 heterocycles. The van der Waals surface area contributed by atoms with Gasteiger partial charge >= 0.3 is 6.01 Å². The van der Waals surface area contributed by atoms with E-state index in [9.17, 15) is 13.2 Å². The first-order valence-corrected chi connectivity index (χ1v) is 8.31. The SMILES string of the molecule is CS(=O)(=O)Nc1cn(CC(=O)Nc2nc3ccccc3o2)nn1. The quantitative estimate of drug-likeness (QED) is 0.690. The summed E-state index contributed by atoms with van der Waals surface area (Å²) in [6.07, 6.45) is 2.29. The Hall–Kier alpha value is -2.95. The zero-order valence-corrected chi connectivity index (χ0v) is 12.7. The fourth-order valence-electron chi connectivity index (χ4n) is 1.84. The largest absolute Gasteiger partial charge is 0.423 e. The van der Waals surface area contributed by atoms with Crippen molar-refractivity contribution in [3.63, 3.8) is 0 Å². The van der Waals surface area contributed by atoms with Crippen molar-refractivity contribution in [2.24, 2.45) is 0 Å². The molecule has 11 heteroatoms. The van der Waals surface area contributed by atoms with Gasteiger partial charge in [0.05, 0.1) is 12.5 Å². The molecule has 10 nitrogen and oxygen atoms in total. The first-order chi connectivity index (χ1) is 10.9. The van der Waals surface area contributed by atoms with Crippen LogP contribution in [0.2, 0.25) is 0 Å². The van der Waals surface area contributed by atoms with E-state index in [0.717, 1.165) is 6.26 Å². The number of fused-ring (bicyclic) bond motifs is 1. The molecule has 0 saturated carbocycles. The highest BCUT2D eigenvalue weighted by molar-refractivity contribution is 7.92. The lowest BCUT2D eigenvalue weighted by Crippen LogP contribution is -2.19. The van der Waals surface area contributed by atoms with E-state index < -0.39 is 15.9 Å². The van der Waals surface area contributed by atoms with Gasteiger partial charge in [0.15, 0.2) is 11.4 Å². The van der Waals surface area contributed by atoms with Crippen molar-refractivity contribution < 1.29 is 17.6 Å². The Morgan fingerprint density at radius 1 is 1.35 bits per heavy atom. The van der Waals surface area contributed by atoms with Gasteiger partial charge in [0.2, 0.25) is 15.9 Å². The Morgan fingerprint density at radius 2 is 2.13 bits per heavy atom. The summed E-state index contributed by atoms with van der Waals surface area (Å²) in [4.78, 5) is 16.0. The molecule has 0 aliphatic rings. The maximum Gasteiger partial charge on any atom is 0.302 e. The van der Waals surface area contributed by atoms with Gasteiger partial charge < -0.3 is 4.42 Å². The second-order valence-electron chi connectivity index (χ2n) is 4.71. The van der Waals surface area contributed by atoms with E-state index in [1.165, 1.54) is 10.9 Å². The molecule has 0 bridgehead atoms. The van der Waals surface area contributed by atoms with Crippen LogP contribution in [0.1, 0.15) is 0 Å². The summed E-state index contributed by atoms with van der Waals surface area (Å²) in [5.74, 6) is -0.408. The number of nitrogens with zero attached hydrogens (tertiary/aromatic N) is 4. The summed E-state index contributed by atoms with van der Waals surface area (Å²) in [6.45, 7) is -0.169. The lowest BCUT2D eigenvalue weighted by atomic mass is 10.3. The summed E-state index contributed by atoms with van der Waals surface area (Å²) in [7, 11) is -3.45. The number of carbonyl (C=O) groups is 1. The van der Waals surface area contributed by atoms with Crippen molar-refractivity contribution in [3.8, 4) is 0 Å². The normalized spacial score (nSPS) is 11.5. The number of rotatable bonds is 5. The zero-order valence-electron chi connectivity index (χ0n) is 11.9. The summed E-state index contributed by atoms with van der Waals surface area (Å²) >= 11 is 0. The third-order valence-electron chi connectivity index (χ3n) is 2.67. The summed E-state index contributed by atoms with van der Waals surface area (Å²) in [6, 6.07) is 7.17. The van der Waals surface area contributed by atoms with E-state index in [1.807, 2.05) is 6.07 Å². The molecule has 0 radical (unpaired) electrons. The molecule has 0 saturated heterocycles. The summed E-state index contributed by atoms with van der Waals surface area (Å²) in [5, 5.41) is 9.75. The standard InChI is InChI=1S/C12H12N6O4S/c1-23(20,21)16-10-6-18(17-15-10)7-11(19)14-12-13-8-4-2-3-5-9(8)22-12/h2-6,16H,7H2,1H3,(H,13,14,19). The minimum Gasteiger partial charge on any atom is -0.423 e. The predicted molar refractivity (Wildman–Crippen MR) is 81.1 cm³/mol. The lowest BCUT2D eigenvalue weighted by molar-refractivity contribution is -0.117. The van der Waals surface area contributed by atoms with Gasteiger partial charge in [-0.15, -0.1) is 5.10 Å². The van der Waals surface area contributed by atoms with E-state index in [1.54, 1.807) is 18.2 Å². The van der Waals surface area contributed by atoms with Crippen molar-refractivity contribution in [1.29, 1.82) is 0 Å². The number of carbonyl (C=O) groups excluding carboxylic acids is 1. The molecule has 0 aliphatic carbocycles. The van der Waals surface area contributed by atoms with Crippen LogP contribution in [0.25, 0.3) is 11.1 Å². The van der Waals surface area contributed by atoms with E-state index in [2.05, 4.69) is 25.3 Å². The van der Waals surface area contributed by atoms with Crippen molar-refractivity contribution in [2.75, 3.05) is 16.3 Å². The van der Waals surface area contributed by atoms with Gasteiger partial charge in [0, 0.05) is 0 Å². The molecule has 2 N–H and O–H groups in total. The molecule has 2 aromatic heterocycles. The second-order valence-corrected chi connectivity index (χ2v) is 6.46. The molecule has 1 amide bonds. The topological polar surface area (TPSA) is 132 Å². The fourth-order valence-corrected chi connectivity index (χ4v) is 2.32. The van der Waals surface area contributed by atoms with Crippen molar-refractivity contribution in [3.05, 3.63) is 30.5 Å². The molecule has 3 aromatic rings. The number of sulfonamides is 1. The van der Waals surface area contributed by atoms with Gasteiger partial charge in [-0.25, -0.2) is 13.1 Å². The number of hydrogen-bond acceptors (Lipinski definition) is 7. The van der Waals surface area contributed by atoms with Crippen LogP contribution in [-0.2, 0) is 21.4 Å². The number of hydrogen-bond donors (Lipinski definition) is 2. The van der Waals surface area contributed by atoms with Crippen LogP contribution in [0.5, 0.6) is 0 Å². The zero-order chi connectivity index (χ0) is 16.4. The minimum atomic E-state index is -3.45. The van der Waals surface area contributed by atoms with E-state index >= 15 is 0 Å².